The van der Waals surface area contributed by atoms with Crippen LogP contribution < -0.4 is 4.74 Å². The molecule has 1 heterocycles. The molecule has 13 nitrogen and oxygen atoms in total. The van der Waals surface area contributed by atoms with Gasteiger partial charge in [-0.2, -0.15) is 0 Å². The minimum Gasteiger partial charge on any atom is -0.432 e. The predicted octanol–water partition coefficient (Wildman–Crippen LogP) is 1.10. The zero-order valence-electron chi connectivity index (χ0n) is 18.4. The number of imide groups is 1. The Hall–Kier alpha value is -3.39. The van der Waals surface area contributed by atoms with Crippen LogP contribution in [0, 0.1) is 10.1 Å². The zero-order valence-corrected chi connectivity index (χ0v) is 18.4. The molecule has 1 aliphatic rings. The number of nitrogens with zero attached hydrogens (tertiary/aromatic N) is 2. The van der Waals surface area contributed by atoms with Gasteiger partial charge in [-0.3, -0.25) is 24.6 Å². The van der Waals surface area contributed by atoms with Crippen molar-refractivity contribution in [3.63, 3.8) is 0 Å². The first-order chi connectivity index (χ1) is 16.5. The number of nitro benzene ring substituents is 1. The van der Waals surface area contributed by atoms with Crippen molar-refractivity contribution in [2.24, 2.45) is 0 Å². The molecule has 2 amide bonds. The Morgan fingerprint density at radius 3 is 1.74 bits per heavy atom. The molecule has 0 bridgehead atoms. The van der Waals surface area contributed by atoms with Crippen molar-refractivity contribution in [1.82, 2.24) is 4.90 Å². The molecule has 1 aliphatic heterocycles. The molecule has 1 aromatic rings. The van der Waals surface area contributed by atoms with E-state index in [-0.39, 0.29) is 49.6 Å². The highest BCUT2D eigenvalue weighted by Crippen LogP contribution is 2.17. The summed E-state index contributed by atoms with van der Waals surface area (Å²) in [6, 6.07) is 5.02. The van der Waals surface area contributed by atoms with Gasteiger partial charge in [-0.1, -0.05) is 0 Å². The van der Waals surface area contributed by atoms with Gasteiger partial charge in [0.1, 0.15) is 12.4 Å². The molecule has 0 N–H and O–H groups in total. The van der Waals surface area contributed by atoms with Gasteiger partial charge in [0.15, 0.2) is 0 Å². The first kappa shape index (κ1) is 26.9. The SMILES string of the molecule is O=C(OCCOCCOCCOCCOCCN1C(=O)C=CC1=O)Oc1ccc([N+](=O)[O-])cc1. The maximum absolute atomic E-state index is 11.5. The van der Waals surface area contributed by atoms with Gasteiger partial charge in [0.2, 0.25) is 0 Å². The molecule has 13 heteroatoms. The predicted molar refractivity (Wildman–Crippen MR) is 114 cm³/mol. The second-order valence-corrected chi connectivity index (χ2v) is 6.56. The molecule has 0 atom stereocenters. The van der Waals surface area contributed by atoms with Gasteiger partial charge in [-0.25, -0.2) is 4.79 Å². The molecule has 0 aliphatic carbocycles. The van der Waals surface area contributed by atoms with Crippen molar-refractivity contribution >= 4 is 23.7 Å². The monoisotopic (exact) mass is 482 g/mol. The highest BCUT2D eigenvalue weighted by atomic mass is 16.7. The number of hydrogen-bond acceptors (Lipinski definition) is 11. The highest BCUT2D eigenvalue weighted by Gasteiger charge is 2.22. The number of carbonyl (C=O) groups is 3. The van der Waals surface area contributed by atoms with Gasteiger partial charge >= 0.3 is 6.16 Å². The third-order valence-corrected chi connectivity index (χ3v) is 4.17. The fourth-order valence-electron chi connectivity index (χ4n) is 2.51. The second kappa shape index (κ2) is 15.4. The third-order valence-electron chi connectivity index (χ3n) is 4.17. The summed E-state index contributed by atoms with van der Waals surface area (Å²) in [5, 5.41) is 10.6. The Morgan fingerprint density at radius 2 is 1.24 bits per heavy atom. The molecule has 1 aromatic carbocycles. The lowest BCUT2D eigenvalue weighted by molar-refractivity contribution is -0.384. The summed E-state index contributed by atoms with van der Waals surface area (Å²) in [7, 11) is 0. The summed E-state index contributed by atoms with van der Waals surface area (Å²) >= 11 is 0. The van der Waals surface area contributed by atoms with Crippen LogP contribution >= 0.6 is 0 Å². The highest BCUT2D eigenvalue weighted by molar-refractivity contribution is 6.12. The molecule has 0 aromatic heterocycles. The lowest BCUT2D eigenvalue weighted by Gasteiger charge is -2.13. The first-order valence-corrected chi connectivity index (χ1v) is 10.4. The van der Waals surface area contributed by atoms with Crippen molar-refractivity contribution in [3.05, 3.63) is 46.5 Å². The maximum Gasteiger partial charge on any atom is 0.513 e. The largest absolute Gasteiger partial charge is 0.513 e. The topological polar surface area (TPSA) is 153 Å². The number of ether oxygens (including phenoxy) is 6. The molecule has 0 spiro atoms. The minimum absolute atomic E-state index is 0.0223. The van der Waals surface area contributed by atoms with Gasteiger partial charge in [0.05, 0.1) is 64.3 Å². The minimum atomic E-state index is -0.940. The van der Waals surface area contributed by atoms with Crippen LogP contribution in [0.2, 0.25) is 0 Å². The molecule has 34 heavy (non-hydrogen) atoms. The van der Waals surface area contributed by atoms with E-state index in [1.54, 1.807) is 0 Å². The third kappa shape index (κ3) is 10.5. The number of carbonyl (C=O) groups excluding carboxylic acids is 3. The van der Waals surface area contributed by atoms with Crippen molar-refractivity contribution in [2.45, 2.75) is 0 Å². The van der Waals surface area contributed by atoms with E-state index in [1.807, 2.05) is 0 Å². The van der Waals surface area contributed by atoms with Crippen LogP contribution in [0.1, 0.15) is 0 Å². The summed E-state index contributed by atoms with van der Waals surface area (Å²) in [6.45, 7) is 2.63. The molecule has 0 saturated carbocycles. The smallest absolute Gasteiger partial charge is 0.432 e. The quantitative estimate of drug-likeness (QED) is 0.0783. The average molecular weight is 482 g/mol. The van der Waals surface area contributed by atoms with E-state index < -0.39 is 11.1 Å². The lowest BCUT2D eigenvalue weighted by atomic mass is 10.3. The number of non-ortho nitro benzene ring substituents is 1. The Morgan fingerprint density at radius 1 is 0.765 bits per heavy atom. The van der Waals surface area contributed by atoms with Crippen LogP contribution in [0.5, 0.6) is 5.75 Å². The Labute approximate surface area is 195 Å². The number of rotatable bonds is 17. The average Bonchev–Trinajstić information content (AvgIpc) is 3.14. The van der Waals surface area contributed by atoms with Crippen LogP contribution in [0.25, 0.3) is 0 Å². The van der Waals surface area contributed by atoms with Crippen LogP contribution in [-0.2, 0) is 33.3 Å². The summed E-state index contributed by atoms with van der Waals surface area (Å²) in [4.78, 5) is 45.3. The van der Waals surface area contributed by atoms with Crippen LogP contribution in [0.15, 0.2) is 36.4 Å². The summed E-state index contributed by atoms with van der Waals surface area (Å²) in [5.41, 5.74) is -0.113. The van der Waals surface area contributed by atoms with Crippen molar-refractivity contribution in [2.75, 3.05) is 66.0 Å². The molecule has 0 saturated heterocycles. The molecule has 0 fully saturated rings. The second-order valence-electron chi connectivity index (χ2n) is 6.56. The molecular weight excluding hydrogens is 456 g/mol. The summed E-state index contributed by atoms with van der Waals surface area (Å²) < 4.78 is 30.9. The van der Waals surface area contributed by atoms with E-state index in [0.29, 0.717) is 39.6 Å². The number of benzene rings is 1. The Bertz CT molecular complexity index is 824. The van der Waals surface area contributed by atoms with Crippen molar-refractivity contribution in [1.29, 1.82) is 0 Å². The van der Waals surface area contributed by atoms with Crippen molar-refractivity contribution in [3.8, 4) is 5.75 Å². The van der Waals surface area contributed by atoms with Crippen molar-refractivity contribution < 1.29 is 47.7 Å². The van der Waals surface area contributed by atoms with Gasteiger partial charge in [-0.05, 0) is 12.1 Å². The first-order valence-electron chi connectivity index (χ1n) is 10.4. The summed E-state index contributed by atoms with van der Waals surface area (Å²) in [6.07, 6.45) is 1.52. The zero-order chi connectivity index (χ0) is 24.6. The number of nitro groups is 1. The van der Waals surface area contributed by atoms with E-state index in [9.17, 15) is 24.5 Å². The van der Waals surface area contributed by atoms with Gasteiger partial charge < -0.3 is 28.4 Å². The Balaban J connectivity index is 1.32. The van der Waals surface area contributed by atoms with Crippen LogP contribution in [-0.4, -0.2) is 93.8 Å². The Kier molecular flexibility index (Phi) is 12.2. The molecule has 186 valence electrons. The number of hydrogen-bond donors (Lipinski definition) is 0. The van der Waals surface area contributed by atoms with Crippen LogP contribution in [0.3, 0.4) is 0 Å². The van der Waals surface area contributed by atoms with Gasteiger partial charge in [0.25, 0.3) is 17.5 Å². The molecule has 2 rings (SSSR count). The number of amides is 2. The molecular formula is C21H26N2O11. The fraction of sp³-hybridized carbons (Fsp3) is 0.476. The van der Waals surface area contributed by atoms with E-state index in [0.717, 1.165) is 4.90 Å². The van der Waals surface area contributed by atoms with Gasteiger partial charge in [0, 0.05) is 24.3 Å². The lowest BCUT2D eigenvalue weighted by Crippen LogP contribution is -2.33. The van der Waals surface area contributed by atoms with E-state index in [1.165, 1.54) is 36.4 Å². The maximum atomic E-state index is 11.5. The molecule has 0 radical (unpaired) electrons. The fourth-order valence-corrected chi connectivity index (χ4v) is 2.51. The van der Waals surface area contributed by atoms with E-state index in [4.69, 9.17) is 28.4 Å². The standard InChI is InChI=1S/C21H26N2O11/c24-19-5-6-20(25)22(19)7-8-29-9-10-30-11-12-31-13-14-32-15-16-33-21(26)34-18-3-1-17(2-4-18)23(27)28/h1-6H,7-16H2. The van der Waals surface area contributed by atoms with Crippen LogP contribution in [0.4, 0.5) is 10.5 Å². The van der Waals surface area contributed by atoms with E-state index >= 15 is 0 Å². The normalized spacial score (nSPS) is 12.9. The summed E-state index contributed by atoms with van der Waals surface area (Å²) in [5.74, 6) is -0.535. The van der Waals surface area contributed by atoms with E-state index in [2.05, 4.69) is 0 Å². The molecule has 0 unspecified atom stereocenters. The van der Waals surface area contributed by atoms with Gasteiger partial charge in [-0.15, -0.1) is 0 Å².